The Bertz CT molecular complexity index is 1400. The largest absolute Gasteiger partial charge is 0.477 e. The monoisotopic (exact) mass is 427 g/mol. The average molecular weight is 428 g/mol. The van der Waals surface area contributed by atoms with E-state index in [1.54, 1.807) is 17.9 Å². The van der Waals surface area contributed by atoms with Crippen LogP contribution in [0.1, 0.15) is 45.3 Å². The maximum absolute atomic E-state index is 13.8. The van der Waals surface area contributed by atoms with E-state index >= 15 is 0 Å². The number of hydrogen-bond acceptors (Lipinski definition) is 5. The Morgan fingerprint density at radius 1 is 1.26 bits per heavy atom. The highest BCUT2D eigenvalue weighted by Gasteiger charge is 2.31. The third kappa shape index (κ3) is 4.87. The minimum Gasteiger partial charge on any atom is -0.477 e. The summed E-state index contributed by atoms with van der Waals surface area (Å²) in [5, 5.41) is 0. The van der Waals surface area contributed by atoms with Gasteiger partial charge in [0.1, 0.15) is 5.82 Å². The van der Waals surface area contributed by atoms with Crippen LogP contribution in [0.2, 0.25) is 0 Å². The molecule has 3 heterocycles. The fourth-order valence-corrected chi connectivity index (χ4v) is 3.57. The van der Waals surface area contributed by atoms with Crippen molar-refractivity contribution < 1.29 is 23.5 Å². The molecule has 1 aliphatic heterocycles. The van der Waals surface area contributed by atoms with E-state index < -0.39 is 48.4 Å². The lowest BCUT2D eigenvalue weighted by Crippen LogP contribution is -2.47. The third-order valence-electron chi connectivity index (χ3n) is 5.21. The van der Waals surface area contributed by atoms with Crippen LogP contribution in [0.4, 0.5) is 4.39 Å². The van der Waals surface area contributed by atoms with Gasteiger partial charge in [-0.05, 0) is 44.8 Å². The second-order valence-corrected chi connectivity index (χ2v) is 7.52. The number of piperidine rings is 1. The molecule has 0 radical (unpaired) electrons. The van der Waals surface area contributed by atoms with Crippen LogP contribution < -0.4 is 4.74 Å². The van der Waals surface area contributed by atoms with Crippen LogP contribution in [0.3, 0.4) is 0 Å². The molecule has 31 heavy (non-hydrogen) atoms. The Balaban J connectivity index is 1.62. The number of carbonyl (C=O) groups is 1. The molecule has 1 saturated heterocycles. The van der Waals surface area contributed by atoms with Gasteiger partial charge >= 0.3 is 0 Å². The third-order valence-corrected chi connectivity index (χ3v) is 5.21. The fourth-order valence-electron chi connectivity index (χ4n) is 3.57. The lowest BCUT2D eigenvalue weighted by atomic mass is 9.92. The summed E-state index contributed by atoms with van der Waals surface area (Å²) in [6.07, 6.45) is -0.414. The number of pyridine rings is 1. The van der Waals surface area contributed by atoms with Crippen molar-refractivity contribution in [2.24, 2.45) is 5.92 Å². The van der Waals surface area contributed by atoms with Gasteiger partial charge in [-0.2, -0.15) is 0 Å². The standard InChI is InChI=1S/C24H25FN4O2/c1-16-4-8-20(23-26-10-3-11-27-23)21(12-16)24(30)29-14-18(6-5-17(29)2)15-31-22-9-7-19(25)13-28-22/h3-4,7-13,17-18H,5-6,14-15H2,1-2H3/t17-,18-/m1/s1/i3D,7D,8D,9D,10D,11D,13D. The Kier molecular flexibility index (Phi) is 4.11. The van der Waals surface area contributed by atoms with Gasteiger partial charge < -0.3 is 9.64 Å². The summed E-state index contributed by atoms with van der Waals surface area (Å²) in [7, 11) is 0. The minimum atomic E-state index is -1.19. The first-order valence-corrected chi connectivity index (χ1v) is 9.89. The van der Waals surface area contributed by atoms with Crippen molar-refractivity contribution in [3.63, 3.8) is 0 Å². The van der Waals surface area contributed by atoms with E-state index in [1.807, 2.05) is 6.92 Å². The molecule has 7 heteroatoms. The van der Waals surface area contributed by atoms with Crippen molar-refractivity contribution in [2.45, 2.75) is 32.7 Å². The van der Waals surface area contributed by atoms with Crippen molar-refractivity contribution >= 4 is 5.91 Å². The molecule has 1 aliphatic rings. The molecule has 0 spiro atoms. The van der Waals surface area contributed by atoms with E-state index in [2.05, 4.69) is 15.0 Å². The molecule has 4 rings (SSSR count). The van der Waals surface area contributed by atoms with Crippen molar-refractivity contribution in [1.82, 2.24) is 19.9 Å². The second-order valence-electron chi connectivity index (χ2n) is 7.52. The summed E-state index contributed by atoms with van der Waals surface area (Å²) in [6, 6.07) is 1.17. The lowest BCUT2D eigenvalue weighted by Gasteiger charge is -2.38. The van der Waals surface area contributed by atoms with E-state index in [9.17, 15) is 9.18 Å². The van der Waals surface area contributed by atoms with Crippen LogP contribution in [0.15, 0.2) is 54.8 Å². The summed E-state index contributed by atoms with van der Waals surface area (Å²) in [6.45, 7) is 3.92. The number of hydrogen-bond donors (Lipinski definition) is 0. The Morgan fingerprint density at radius 3 is 2.87 bits per heavy atom. The summed E-state index contributed by atoms with van der Waals surface area (Å²) >= 11 is 0. The summed E-state index contributed by atoms with van der Waals surface area (Å²) < 4.78 is 74.2. The second kappa shape index (κ2) is 9.20. The molecular weight excluding hydrogens is 395 g/mol. The van der Waals surface area contributed by atoms with Crippen molar-refractivity contribution in [1.29, 1.82) is 0 Å². The zero-order valence-electron chi connectivity index (χ0n) is 24.1. The summed E-state index contributed by atoms with van der Waals surface area (Å²) in [5.74, 6) is -2.23. The number of aromatic nitrogens is 3. The summed E-state index contributed by atoms with van der Waals surface area (Å²) in [4.78, 5) is 27.0. The minimum absolute atomic E-state index is 0.0305. The number of amides is 1. The smallest absolute Gasteiger partial charge is 0.254 e. The normalized spacial score (nSPS) is 21.8. The van der Waals surface area contributed by atoms with Gasteiger partial charge in [0.05, 0.1) is 27.9 Å². The Labute approximate surface area is 191 Å². The van der Waals surface area contributed by atoms with Crippen LogP contribution in [0.5, 0.6) is 5.88 Å². The number of nitrogens with zero attached hydrogens (tertiary/aromatic N) is 4. The molecule has 1 amide bonds. The molecule has 3 aromatic rings. The first-order chi connectivity index (χ1) is 17.9. The number of halogens is 1. The highest BCUT2D eigenvalue weighted by molar-refractivity contribution is 6.00. The number of rotatable bonds is 5. The van der Waals surface area contributed by atoms with Crippen molar-refractivity contribution in [3.05, 3.63) is 71.8 Å². The molecule has 0 saturated carbocycles. The number of likely N-dealkylation sites (tertiary alicyclic amines) is 1. The number of carbonyl (C=O) groups excluding carboxylic acids is 1. The maximum atomic E-state index is 13.8. The predicted octanol–water partition coefficient (Wildman–Crippen LogP) is 4.31. The Hall–Kier alpha value is -3.35. The van der Waals surface area contributed by atoms with Gasteiger partial charge in [-0.3, -0.25) is 4.79 Å². The van der Waals surface area contributed by atoms with Gasteiger partial charge in [0.2, 0.25) is 5.88 Å². The highest BCUT2D eigenvalue weighted by Crippen LogP contribution is 2.28. The van der Waals surface area contributed by atoms with Gasteiger partial charge in [-0.25, -0.2) is 19.3 Å². The lowest BCUT2D eigenvalue weighted by molar-refractivity contribution is 0.0503. The van der Waals surface area contributed by atoms with E-state index in [0.29, 0.717) is 18.4 Å². The molecule has 1 fully saturated rings. The SMILES string of the molecule is [2H]c1cc(C)cc(C(=O)N2C[C@H](COc3nc([2H])c(F)c([2H])c3[2H])CC[C@H]2C)c1-c1nc([2H])c([2H])c([2H])n1. The zero-order valence-corrected chi connectivity index (χ0v) is 17.1. The topological polar surface area (TPSA) is 68.2 Å². The molecule has 1 aromatic carbocycles. The van der Waals surface area contributed by atoms with Gasteiger partial charge in [0.25, 0.3) is 5.91 Å². The van der Waals surface area contributed by atoms with Crippen LogP contribution in [-0.4, -0.2) is 45.0 Å². The molecule has 0 N–H and O–H groups in total. The van der Waals surface area contributed by atoms with Crippen LogP contribution >= 0.6 is 0 Å². The van der Waals surface area contributed by atoms with Gasteiger partial charge in [0, 0.05) is 42.5 Å². The maximum Gasteiger partial charge on any atom is 0.254 e. The van der Waals surface area contributed by atoms with Gasteiger partial charge in [-0.15, -0.1) is 0 Å². The van der Waals surface area contributed by atoms with E-state index in [-0.39, 0.29) is 54.0 Å². The fraction of sp³-hybridized carbons (Fsp3) is 0.333. The van der Waals surface area contributed by atoms with E-state index in [4.69, 9.17) is 14.3 Å². The molecule has 160 valence electrons. The number of benzene rings is 1. The van der Waals surface area contributed by atoms with Crippen LogP contribution in [-0.2, 0) is 0 Å². The average Bonchev–Trinajstić information content (AvgIpc) is 2.87. The van der Waals surface area contributed by atoms with Crippen LogP contribution in [0.25, 0.3) is 11.4 Å². The van der Waals surface area contributed by atoms with E-state index in [0.717, 1.165) is 0 Å². The first-order valence-electron chi connectivity index (χ1n) is 13.4. The molecule has 2 aromatic heterocycles. The van der Waals surface area contributed by atoms with Crippen molar-refractivity contribution in [2.75, 3.05) is 13.2 Å². The molecule has 0 bridgehead atoms. The van der Waals surface area contributed by atoms with Crippen LogP contribution in [0, 0.1) is 18.7 Å². The molecule has 6 nitrogen and oxygen atoms in total. The highest BCUT2D eigenvalue weighted by atomic mass is 19.1. The predicted molar refractivity (Wildman–Crippen MR) is 115 cm³/mol. The van der Waals surface area contributed by atoms with Crippen molar-refractivity contribution in [3.8, 4) is 17.3 Å². The van der Waals surface area contributed by atoms with E-state index in [1.165, 1.54) is 6.07 Å². The zero-order chi connectivity index (χ0) is 27.9. The number of aryl methyl sites for hydroxylation is 1. The quantitative estimate of drug-likeness (QED) is 0.607. The molecule has 2 atom stereocenters. The molecular formula is C24H25FN4O2. The first kappa shape index (κ1) is 13.9. The van der Waals surface area contributed by atoms with Gasteiger partial charge in [-0.1, -0.05) is 17.7 Å². The Morgan fingerprint density at radius 2 is 2.06 bits per heavy atom. The molecule has 0 unspecified atom stereocenters. The van der Waals surface area contributed by atoms with Gasteiger partial charge in [0.15, 0.2) is 5.82 Å². The number of ether oxygens (including phenoxy) is 1. The molecule has 0 aliphatic carbocycles. The summed E-state index contributed by atoms with van der Waals surface area (Å²) in [5.41, 5.74) is 0.878.